The summed E-state index contributed by atoms with van der Waals surface area (Å²) in [6.45, 7) is 10.0. The minimum absolute atomic E-state index is 0.0216. The highest BCUT2D eigenvalue weighted by Gasteiger charge is 2.51. The summed E-state index contributed by atoms with van der Waals surface area (Å²) in [5, 5.41) is 7.51. The molecule has 2 heterocycles. The molecule has 3 atom stereocenters. The van der Waals surface area contributed by atoms with Gasteiger partial charge in [-0.25, -0.2) is 0 Å². The topological polar surface area (TPSA) is 67.6 Å². The second-order valence-electron chi connectivity index (χ2n) is 9.02. The zero-order valence-corrected chi connectivity index (χ0v) is 17.5. The van der Waals surface area contributed by atoms with E-state index in [2.05, 4.69) is 35.3 Å². The number of fused-ring (bicyclic) bond motifs is 1. The van der Waals surface area contributed by atoms with Crippen LogP contribution >= 0.6 is 0 Å². The number of hydrogen-bond donors (Lipinski definition) is 1. The van der Waals surface area contributed by atoms with Gasteiger partial charge >= 0.3 is 0 Å². The van der Waals surface area contributed by atoms with Crippen LogP contribution in [-0.4, -0.2) is 47.3 Å². The molecule has 1 aliphatic heterocycles. The van der Waals surface area contributed by atoms with Crippen molar-refractivity contribution in [1.82, 2.24) is 15.4 Å². The molecule has 0 spiro atoms. The van der Waals surface area contributed by atoms with Gasteiger partial charge in [0.25, 0.3) is 0 Å². The second kappa shape index (κ2) is 8.31. The Kier molecular flexibility index (Phi) is 6.26. The first-order valence-electron chi connectivity index (χ1n) is 10.4. The molecule has 0 radical (unpaired) electrons. The van der Waals surface area contributed by atoms with Gasteiger partial charge in [-0.3, -0.25) is 9.69 Å². The molecule has 1 aliphatic carbocycles. The number of carbonyl (C=O) groups is 1. The van der Waals surface area contributed by atoms with Crippen molar-refractivity contribution in [3.05, 3.63) is 17.5 Å². The minimum Gasteiger partial charge on any atom is -0.377 e. The molecule has 2 aliphatic rings. The van der Waals surface area contributed by atoms with Gasteiger partial charge in [-0.15, -0.1) is 0 Å². The first-order chi connectivity index (χ1) is 12.8. The van der Waals surface area contributed by atoms with Crippen LogP contribution < -0.4 is 5.32 Å². The van der Waals surface area contributed by atoms with E-state index in [0.717, 1.165) is 56.6 Å². The summed E-state index contributed by atoms with van der Waals surface area (Å²) in [7, 11) is 1.83. The van der Waals surface area contributed by atoms with E-state index in [4.69, 9.17) is 9.26 Å². The van der Waals surface area contributed by atoms with Crippen LogP contribution in [0.5, 0.6) is 0 Å². The lowest BCUT2D eigenvalue weighted by Crippen LogP contribution is -2.55. The van der Waals surface area contributed by atoms with E-state index >= 15 is 0 Å². The van der Waals surface area contributed by atoms with Gasteiger partial charge in [-0.2, -0.15) is 0 Å². The zero-order chi connectivity index (χ0) is 19.6. The van der Waals surface area contributed by atoms with Gasteiger partial charge in [0, 0.05) is 50.7 Å². The van der Waals surface area contributed by atoms with Gasteiger partial charge in [-0.1, -0.05) is 32.9 Å². The van der Waals surface area contributed by atoms with E-state index in [0.29, 0.717) is 12.0 Å². The number of rotatable bonds is 7. The highest BCUT2D eigenvalue weighted by atomic mass is 16.5. The van der Waals surface area contributed by atoms with Crippen molar-refractivity contribution >= 4 is 5.91 Å². The summed E-state index contributed by atoms with van der Waals surface area (Å²) in [5.74, 6) is 1.68. The Bertz CT molecular complexity index is 642. The fraction of sp³-hybridized carbons (Fsp3) is 0.810. The van der Waals surface area contributed by atoms with Crippen molar-refractivity contribution in [2.75, 3.05) is 13.7 Å². The fourth-order valence-electron chi connectivity index (χ4n) is 4.61. The average Bonchev–Trinajstić information content (AvgIpc) is 3.20. The number of ether oxygens (including phenoxy) is 1. The summed E-state index contributed by atoms with van der Waals surface area (Å²) < 4.78 is 11.5. The summed E-state index contributed by atoms with van der Waals surface area (Å²) in [6, 6.07) is 2.62. The van der Waals surface area contributed by atoms with Gasteiger partial charge in [0.15, 0.2) is 0 Å². The molecule has 1 aromatic heterocycles. The third kappa shape index (κ3) is 4.54. The van der Waals surface area contributed by atoms with Gasteiger partial charge in [0.2, 0.25) is 5.91 Å². The molecule has 6 heteroatoms. The van der Waals surface area contributed by atoms with Crippen molar-refractivity contribution in [2.24, 2.45) is 11.8 Å². The van der Waals surface area contributed by atoms with Crippen LogP contribution in [0.2, 0.25) is 0 Å². The fourth-order valence-corrected chi connectivity index (χ4v) is 4.61. The third-order valence-corrected chi connectivity index (χ3v) is 6.15. The molecular formula is C21H35N3O3. The molecule has 0 unspecified atom stereocenters. The van der Waals surface area contributed by atoms with E-state index in [-0.39, 0.29) is 23.5 Å². The maximum atomic E-state index is 12.1. The largest absolute Gasteiger partial charge is 0.377 e. The molecule has 0 bridgehead atoms. The van der Waals surface area contributed by atoms with Crippen LogP contribution in [0.15, 0.2) is 10.6 Å². The zero-order valence-electron chi connectivity index (χ0n) is 17.5. The molecule has 1 aromatic rings. The molecule has 1 saturated heterocycles. The molecule has 1 N–H and O–H groups in total. The first-order valence-corrected chi connectivity index (χ1v) is 10.4. The highest BCUT2D eigenvalue weighted by molar-refractivity contribution is 5.78. The number of amides is 1. The van der Waals surface area contributed by atoms with E-state index in [1.54, 1.807) is 0 Å². The van der Waals surface area contributed by atoms with Crippen LogP contribution in [0, 0.1) is 11.8 Å². The quantitative estimate of drug-likeness (QED) is 0.791. The molecule has 2 fully saturated rings. The molecule has 27 heavy (non-hydrogen) atoms. The van der Waals surface area contributed by atoms with E-state index in [9.17, 15) is 4.79 Å². The van der Waals surface area contributed by atoms with Crippen LogP contribution in [0.1, 0.15) is 64.8 Å². The predicted octanol–water partition coefficient (Wildman–Crippen LogP) is 3.16. The van der Waals surface area contributed by atoms with Crippen LogP contribution in [-0.2, 0) is 22.5 Å². The lowest BCUT2D eigenvalue weighted by atomic mass is 9.78. The molecular weight excluding hydrogens is 342 g/mol. The first kappa shape index (κ1) is 20.3. The summed E-state index contributed by atoms with van der Waals surface area (Å²) >= 11 is 0. The summed E-state index contributed by atoms with van der Waals surface area (Å²) in [6.07, 6.45) is 4.87. The van der Waals surface area contributed by atoms with Crippen molar-refractivity contribution in [3.63, 3.8) is 0 Å². The van der Waals surface area contributed by atoms with Gasteiger partial charge in [0.1, 0.15) is 5.76 Å². The highest BCUT2D eigenvalue weighted by Crippen LogP contribution is 2.43. The Balaban J connectivity index is 1.67. The van der Waals surface area contributed by atoms with Crippen molar-refractivity contribution in [2.45, 2.75) is 84.0 Å². The molecule has 3 rings (SSSR count). The van der Waals surface area contributed by atoms with E-state index in [1.165, 1.54) is 0 Å². The molecule has 1 amide bonds. The van der Waals surface area contributed by atoms with Gasteiger partial charge < -0.3 is 14.6 Å². The van der Waals surface area contributed by atoms with Crippen molar-refractivity contribution in [1.29, 1.82) is 0 Å². The lowest BCUT2D eigenvalue weighted by Gasteiger charge is -2.44. The van der Waals surface area contributed by atoms with E-state index in [1.807, 2.05) is 21.0 Å². The SMILES string of the molecule is CO[C@@]12CC[C@@H](NC(=O)C(C)C)C[C@@H]1N(Cc1cc(CC(C)C)on1)CC2. The maximum absolute atomic E-state index is 12.1. The number of nitrogens with one attached hydrogen (secondary N) is 1. The monoisotopic (exact) mass is 377 g/mol. The Morgan fingerprint density at radius 2 is 2.19 bits per heavy atom. The summed E-state index contributed by atoms with van der Waals surface area (Å²) in [5.41, 5.74) is 0.898. The van der Waals surface area contributed by atoms with Crippen LogP contribution in [0.4, 0.5) is 0 Å². The number of likely N-dealkylation sites (tertiary alicyclic amines) is 1. The minimum atomic E-state index is -0.0937. The Morgan fingerprint density at radius 1 is 1.41 bits per heavy atom. The van der Waals surface area contributed by atoms with Gasteiger partial charge in [0.05, 0.1) is 11.3 Å². The maximum Gasteiger partial charge on any atom is 0.222 e. The third-order valence-electron chi connectivity index (χ3n) is 6.15. The van der Waals surface area contributed by atoms with Crippen LogP contribution in [0.3, 0.4) is 0 Å². The molecule has 6 nitrogen and oxygen atoms in total. The van der Waals surface area contributed by atoms with E-state index < -0.39 is 0 Å². The van der Waals surface area contributed by atoms with Crippen molar-refractivity contribution in [3.8, 4) is 0 Å². The van der Waals surface area contributed by atoms with Gasteiger partial charge in [-0.05, 0) is 31.6 Å². The Hall–Kier alpha value is -1.40. The van der Waals surface area contributed by atoms with Crippen LogP contribution in [0.25, 0.3) is 0 Å². The Morgan fingerprint density at radius 3 is 2.85 bits per heavy atom. The molecule has 152 valence electrons. The number of aromatic nitrogens is 1. The summed E-state index contributed by atoms with van der Waals surface area (Å²) in [4.78, 5) is 14.6. The van der Waals surface area contributed by atoms with Crippen molar-refractivity contribution < 1.29 is 14.1 Å². The number of carbonyl (C=O) groups excluding carboxylic acids is 1. The molecule has 0 aromatic carbocycles. The normalized spacial score (nSPS) is 28.7. The average molecular weight is 378 g/mol. The number of hydrogen-bond acceptors (Lipinski definition) is 5. The second-order valence-corrected chi connectivity index (χ2v) is 9.02. The smallest absolute Gasteiger partial charge is 0.222 e. The lowest BCUT2D eigenvalue weighted by molar-refractivity contribution is -0.126. The standard InChI is InChI=1S/C21H35N3O3/c1-14(2)10-18-11-17(23-27-18)13-24-9-8-21(26-5)7-6-16(12-19(21)24)22-20(25)15(3)4/h11,14-16,19H,6-10,12-13H2,1-5H3,(H,22,25)/t16-,19+,21-/m1/s1. The molecule has 1 saturated carbocycles. The Labute approximate surface area is 163 Å². The predicted molar refractivity (Wildman–Crippen MR) is 104 cm³/mol. The number of nitrogens with zero attached hydrogens (tertiary/aromatic N) is 2. The number of methoxy groups -OCH3 is 1.